The number of carbonyl (C=O) groups is 1. The number of methoxy groups -OCH3 is 1. The molecule has 0 spiro atoms. The van der Waals surface area contributed by atoms with Gasteiger partial charge in [-0.15, -0.1) is 0 Å². The fraction of sp³-hybridized carbons (Fsp3) is 0.391. The summed E-state index contributed by atoms with van der Waals surface area (Å²) in [6.07, 6.45) is 1.86. The molecule has 2 N–H and O–H groups in total. The Morgan fingerprint density at radius 3 is 2.77 bits per heavy atom. The van der Waals surface area contributed by atoms with Gasteiger partial charge in [-0.1, -0.05) is 12.1 Å². The number of imidazole rings is 1. The molecule has 1 amide bonds. The van der Waals surface area contributed by atoms with E-state index in [1.165, 1.54) is 0 Å². The Kier molecular flexibility index (Phi) is 5.39. The monoisotopic (exact) mass is 408 g/mol. The van der Waals surface area contributed by atoms with Crippen molar-refractivity contribution in [2.75, 3.05) is 32.1 Å². The molecule has 0 bridgehead atoms. The molecule has 0 aliphatic carbocycles. The third kappa shape index (κ3) is 3.50. The highest BCUT2D eigenvalue weighted by Gasteiger charge is 2.31. The maximum Gasteiger partial charge on any atom is 0.255 e. The minimum absolute atomic E-state index is 0.0242. The lowest BCUT2D eigenvalue weighted by atomic mass is 10.0. The smallest absolute Gasteiger partial charge is 0.255 e. The van der Waals surface area contributed by atoms with Gasteiger partial charge in [0.25, 0.3) is 5.91 Å². The Balaban J connectivity index is 1.68. The Hall–Kier alpha value is -3.06. The first kappa shape index (κ1) is 20.2. The number of nitrogens with one attached hydrogen (secondary N) is 1. The number of anilines is 1. The number of rotatable bonds is 6. The number of fused-ring (bicyclic) bond motifs is 1. The number of nitrogens with zero attached hydrogens (tertiary/aromatic N) is 3. The third-order valence-corrected chi connectivity index (χ3v) is 5.99. The van der Waals surface area contributed by atoms with Gasteiger partial charge in [0.1, 0.15) is 5.75 Å². The average Bonchev–Trinajstić information content (AvgIpc) is 3.00. The summed E-state index contributed by atoms with van der Waals surface area (Å²) >= 11 is 0. The van der Waals surface area contributed by atoms with Crippen LogP contribution >= 0.6 is 0 Å². The minimum Gasteiger partial charge on any atom is -0.496 e. The van der Waals surface area contributed by atoms with Gasteiger partial charge in [0.2, 0.25) is 0 Å². The first-order valence-corrected chi connectivity index (χ1v) is 10.2. The molecular formula is C23H28N4O3. The molecule has 30 heavy (non-hydrogen) atoms. The van der Waals surface area contributed by atoms with Crippen LogP contribution in [0.15, 0.2) is 30.5 Å². The number of carbonyl (C=O) groups excluding carboxylic acids is 1. The normalized spacial score (nSPS) is 14.1. The molecule has 0 radical (unpaired) electrons. The number of hydrogen-bond acceptors (Lipinski definition) is 5. The van der Waals surface area contributed by atoms with Crippen molar-refractivity contribution in [2.24, 2.45) is 5.92 Å². The molecule has 7 heteroatoms. The van der Waals surface area contributed by atoms with Gasteiger partial charge >= 0.3 is 0 Å². The third-order valence-electron chi connectivity index (χ3n) is 5.99. The van der Waals surface area contributed by atoms with Crippen molar-refractivity contribution in [2.45, 2.75) is 27.3 Å². The molecule has 7 nitrogen and oxygen atoms in total. The van der Waals surface area contributed by atoms with Crippen molar-refractivity contribution in [1.82, 2.24) is 14.3 Å². The number of benzene rings is 1. The molecular weight excluding hydrogens is 380 g/mol. The van der Waals surface area contributed by atoms with Crippen molar-refractivity contribution < 1.29 is 14.6 Å². The van der Waals surface area contributed by atoms with Crippen LogP contribution in [-0.2, 0) is 6.54 Å². The number of aryl methyl sites for hydroxylation is 3. The summed E-state index contributed by atoms with van der Waals surface area (Å²) in [5.74, 6) is 0.988. The largest absolute Gasteiger partial charge is 0.496 e. The molecule has 4 rings (SSSR count). The van der Waals surface area contributed by atoms with Crippen LogP contribution in [0.25, 0.3) is 5.65 Å². The van der Waals surface area contributed by atoms with Gasteiger partial charge in [0.15, 0.2) is 5.65 Å². The van der Waals surface area contributed by atoms with E-state index in [2.05, 4.69) is 18.3 Å². The van der Waals surface area contributed by atoms with Gasteiger partial charge in [0, 0.05) is 49.6 Å². The number of hydrogen-bond donors (Lipinski definition) is 2. The number of ether oxygens (including phenoxy) is 1. The topological polar surface area (TPSA) is 79.1 Å². The van der Waals surface area contributed by atoms with Crippen LogP contribution in [0.3, 0.4) is 0 Å². The predicted octanol–water partition coefficient (Wildman–Crippen LogP) is 2.94. The number of likely N-dealkylation sites (tertiary alicyclic amines) is 1. The Morgan fingerprint density at radius 2 is 2.07 bits per heavy atom. The number of aromatic nitrogens is 2. The van der Waals surface area contributed by atoms with Crippen LogP contribution in [0.2, 0.25) is 0 Å². The lowest BCUT2D eigenvalue weighted by Crippen LogP contribution is -2.51. The van der Waals surface area contributed by atoms with Crippen molar-refractivity contribution in [3.8, 4) is 5.75 Å². The van der Waals surface area contributed by atoms with Crippen LogP contribution in [0, 0.1) is 26.7 Å². The molecule has 3 aromatic rings. The summed E-state index contributed by atoms with van der Waals surface area (Å²) in [6, 6.07) is 7.86. The molecule has 0 unspecified atom stereocenters. The molecule has 3 heterocycles. The van der Waals surface area contributed by atoms with Gasteiger partial charge < -0.3 is 24.5 Å². The highest BCUT2D eigenvalue weighted by molar-refractivity contribution is 5.96. The first-order chi connectivity index (χ1) is 14.4. The van der Waals surface area contributed by atoms with Crippen LogP contribution in [0.5, 0.6) is 5.75 Å². The summed E-state index contributed by atoms with van der Waals surface area (Å²) in [7, 11) is 1.67. The second-order valence-electron chi connectivity index (χ2n) is 7.99. The highest BCUT2D eigenvalue weighted by atomic mass is 16.5. The number of amides is 1. The number of aliphatic hydroxyl groups excluding tert-OH is 1. The van der Waals surface area contributed by atoms with Crippen molar-refractivity contribution in [3.05, 3.63) is 58.5 Å². The standard InChI is InChI=1S/C23H28N4O3/c1-14-6-5-7-21(30-4)19(14)9-24-20-8-18(23(29)26-10-17(11-26)13-28)12-27-16(3)15(2)25-22(20)27/h5-8,12,17,24,28H,9-11,13H2,1-4H3. The molecule has 1 aliphatic heterocycles. The zero-order valence-corrected chi connectivity index (χ0v) is 17.9. The maximum absolute atomic E-state index is 13.0. The average molecular weight is 409 g/mol. The Labute approximate surface area is 176 Å². The second kappa shape index (κ2) is 7.99. The molecule has 1 aromatic carbocycles. The first-order valence-electron chi connectivity index (χ1n) is 10.2. The van der Waals surface area contributed by atoms with Crippen LogP contribution in [-0.4, -0.2) is 52.1 Å². The fourth-order valence-corrected chi connectivity index (χ4v) is 3.93. The summed E-state index contributed by atoms with van der Waals surface area (Å²) in [6.45, 7) is 7.90. The molecule has 0 atom stereocenters. The quantitative estimate of drug-likeness (QED) is 0.656. The van der Waals surface area contributed by atoms with E-state index in [9.17, 15) is 9.90 Å². The molecule has 1 fully saturated rings. The lowest BCUT2D eigenvalue weighted by Gasteiger charge is -2.38. The van der Waals surface area contributed by atoms with Crippen molar-refractivity contribution in [3.63, 3.8) is 0 Å². The van der Waals surface area contributed by atoms with Gasteiger partial charge in [-0.25, -0.2) is 4.98 Å². The fourth-order valence-electron chi connectivity index (χ4n) is 3.93. The maximum atomic E-state index is 13.0. The van der Waals surface area contributed by atoms with Gasteiger partial charge in [-0.2, -0.15) is 0 Å². The van der Waals surface area contributed by atoms with Crippen molar-refractivity contribution >= 4 is 17.2 Å². The molecule has 2 aromatic heterocycles. The second-order valence-corrected chi connectivity index (χ2v) is 7.99. The molecule has 0 saturated carbocycles. The van der Waals surface area contributed by atoms with E-state index in [1.54, 1.807) is 12.0 Å². The predicted molar refractivity (Wildman–Crippen MR) is 116 cm³/mol. The summed E-state index contributed by atoms with van der Waals surface area (Å²) in [4.78, 5) is 19.5. The SMILES string of the molecule is COc1cccc(C)c1CNc1cc(C(=O)N2CC(CO)C2)cn2c(C)c(C)nc12. The van der Waals surface area contributed by atoms with Crippen LogP contribution < -0.4 is 10.1 Å². The van der Waals surface area contributed by atoms with E-state index in [1.807, 2.05) is 42.6 Å². The summed E-state index contributed by atoms with van der Waals surface area (Å²) < 4.78 is 7.49. The van der Waals surface area contributed by atoms with E-state index in [0.29, 0.717) is 25.2 Å². The van der Waals surface area contributed by atoms with E-state index >= 15 is 0 Å². The van der Waals surface area contributed by atoms with Crippen molar-refractivity contribution in [1.29, 1.82) is 0 Å². The van der Waals surface area contributed by atoms with Crippen LogP contribution in [0.4, 0.5) is 5.69 Å². The molecule has 158 valence electrons. The van der Waals surface area contributed by atoms with Gasteiger partial charge in [0.05, 0.1) is 24.1 Å². The lowest BCUT2D eigenvalue weighted by molar-refractivity contribution is 0.0361. The summed E-state index contributed by atoms with van der Waals surface area (Å²) in [5.41, 5.74) is 6.36. The van der Waals surface area contributed by atoms with E-state index in [-0.39, 0.29) is 18.4 Å². The highest BCUT2D eigenvalue weighted by Crippen LogP contribution is 2.27. The zero-order valence-electron chi connectivity index (χ0n) is 17.9. The van der Waals surface area contributed by atoms with E-state index < -0.39 is 0 Å². The molecule has 1 aliphatic rings. The molecule has 1 saturated heterocycles. The zero-order chi connectivity index (χ0) is 21.4. The number of pyridine rings is 1. The van der Waals surface area contributed by atoms with Gasteiger partial charge in [-0.05, 0) is 38.5 Å². The van der Waals surface area contributed by atoms with Crippen LogP contribution in [0.1, 0.15) is 32.9 Å². The summed E-state index contributed by atoms with van der Waals surface area (Å²) in [5, 5.41) is 12.7. The number of aliphatic hydroxyl groups is 1. The van der Waals surface area contributed by atoms with Gasteiger partial charge in [-0.3, -0.25) is 4.79 Å². The Bertz CT molecular complexity index is 1100. The Morgan fingerprint density at radius 1 is 1.30 bits per heavy atom. The van der Waals surface area contributed by atoms with E-state index in [4.69, 9.17) is 9.72 Å². The van der Waals surface area contributed by atoms with E-state index in [0.717, 1.165) is 39.6 Å². The minimum atomic E-state index is -0.0242.